The molecule has 0 atom stereocenters. The zero-order chi connectivity index (χ0) is 24.0. The van der Waals surface area contributed by atoms with Crippen LogP contribution in [0.1, 0.15) is 50.8 Å². The second-order valence-electron chi connectivity index (χ2n) is 9.35. The molecule has 3 heterocycles. The van der Waals surface area contributed by atoms with E-state index in [1.165, 1.54) is 3.97 Å². The van der Waals surface area contributed by atoms with Crippen LogP contribution in [0.4, 0.5) is 4.79 Å². The van der Waals surface area contributed by atoms with Crippen molar-refractivity contribution in [2.24, 2.45) is 0 Å². The van der Waals surface area contributed by atoms with Crippen molar-refractivity contribution in [2.75, 3.05) is 13.1 Å². The quantitative estimate of drug-likeness (QED) is 0.446. The Kier molecular flexibility index (Phi) is 6.30. The minimum absolute atomic E-state index is 0.134. The number of ether oxygens (including phenoxy) is 1. The Morgan fingerprint density at radius 2 is 1.73 bits per heavy atom. The van der Waals surface area contributed by atoms with Crippen LogP contribution in [0, 0.1) is 6.92 Å². The Morgan fingerprint density at radius 3 is 2.33 bits per heavy atom. The molecule has 1 aliphatic heterocycles. The van der Waals surface area contributed by atoms with E-state index in [4.69, 9.17) is 9.72 Å². The molecule has 1 aromatic carbocycles. The van der Waals surface area contributed by atoms with Crippen LogP contribution in [0.15, 0.2) is 52.0 Å². The van der Waals surface area contributed by atoms with Crippen LogP contribution in [-0.4, -0.2) is 47.1 Å². The van der Waals surface area contributed by atoms with Crippen molar-refractivity contribution in [1.82, 2.24) is 13.9 Å². The van der Waals surface area contributed by atoms with Gasteiger partial charge in [-0.05, 0) is 86.3 Å². The summed E-state index contributed by atoms with van der Waals surface area (Å²) in [6, 6.07) is 12.3. The molecule has 3 aromatic rings. The zero-order valence-electron chi connectivity index (χ0n) is 19.2. The number of nitrogens with zero attached hydrogens (tertiary/aromatic N) is 3. The maximum atomic E-state index is 13.4. The van der Waals surface area contributed by atoms with Gasteiger partial charge in [-0.3, -0.25) is 0 Å². The minimum atomic E-state index is -3.82. The van der Waals surface area contributed by atoms with Gasteiger partial charge in [0.05, 0.1) is 4.90 Å². The van der Waals surface area contributed by atoms with Gasteiger partial charge < -0.3 is 9.64 Å². The molecule has 0 unspecified atom stereocenters. The number of carbonyl (C=O) groups is 1. The molecule has 2 aromatic heterocycles. The van der Waals surface area contributed by atoms with Gasteiger partial charge in [-0.2, -0.15) is 0 Å². The van der Waals surface area contributed by atoms with Crippen molar-refractivity contribution in [3.8, 4) is 0 Å². The lowest BCUT2D eigenvalue weighted by atomic mass is 9.93. The highest BCUT2D eigenvalue weighted by Crippen LogP contribution is 2.35. The van der Waals surface area contributed by atoms with E-state index in [1.807, 2.05) is 39.8 Å². The average molecular weight is 534 g/mol. The van der Waals surface area contributed by atoms with Gasteiger partial charge in [0, 0.05) is 30.1 Å². The first kappa shape index (κ1) is 23.8. The van der Waals surface area contributed by atoms with E-state index < -0.39 is 15.6 Å². The van der Waals surface area contributed by atoms with E-state index in [1.54, 1.807) is 35.2 Å². The number of likely N-dealkylation sites (tertiary alicyclic amines) is 1. The number of hydrogen-bond acceptors (Lipinski definition) is 5. The molecule has 33 heavy (non-hydrogen) atoms. The number of halogens is 1. The zero-order valence-corrected chi connectivity index (χ0v) is 21.6. The van der Waals surface area contributed by atoms with Crippen molar-refractivity contribution >= 4 is 43.1 Å². The SMILES string of the molecule is Cc1c(Br)n(S(=O)(=O)c2ccccc2)c2nc(C3CCN(C(=O)OC(C)(C)C)CC3)ccc12. The number of pyridine rings is 1. The number of rotatable bonds is 3. The van der Waals surface area contributed by atoms with E-state index in [0.29, 0.717) is 23.3 Å². The lowest BCUT2D eigenvalue weighted by molar-refractivity contribution is 0.0204. The molecule has 1 fully saturated rings. The van der Waals surface area contributed by atoms with E-state index in [9.17, 15) is 13.2 Å². The van der Waals surface area contributed by atoms with Gasteiger partial charge in [0.1, 0.15) is 10.2 Å². The molecule has 9 heteroatoms. The van der Waals surface area contributed by atoms with Crippen molar-refractivity contribution in [3.63, 3.8) is 0 Å². The number of fused-ring (bicyclic) bond motifs is 1. The Hall–Kier alpha value is -2.39. The van der Waals surface area contributed by atoms with Gasteiger partial charge in [-0.15, -0.1) is 0 Å². The molecule has 0 saturated carbocycles. The smallest absolute Gasteiger partial charge is 0.410 e. The number of amides is 1. The third kappa shape index (κ3) is 4.66. The predicted molar refractivity (Wildman–Crippen MR) is 131 cm³/mol. The summed E-state index contributed by atoms with van der Waals surface area (Å²) in [6.45, 7) is 8.60. The molecule has 1 aliphatic rings. The fourth-order valence-corrected chi connectivity index (χ4v) is 6.48. The number of hydrogen-bond donors (Lipinski definition) is 0. The Balaban J connectivity index is 1.64. The minimum Gasteiger partial charge on any atom is -0.444 e. The normalized spacial score (nSPS) is 15.7. The summed E-state index contributed by atoms with van der Waals surface area (Å²) in [7, 11) is -3.82. The topological polar surface area (TPSA) is 81.5 Å². The molecule has 0 bridgehead atoms. The summed E-state index contributed by atoms with van der Waals surface area (Å²) in [5, 5.41) is 0.788. The van der Waals surface area contributed by atoms with Gasteiger partial charge in [0.25, 0.3) is 10.0 Å². The van der Waals surface area contributed by atoms with Crippen LogP contribution in [-0.2, 0) is 14.8 Å². The van der Waals surface area contributed by atoms with Crippen LogP contribution in [0.2, 0.25) is 0 Å². The monoisotopic (exact) mass is 533 g/mol. The van der Waals surface area contributed by atoms with E-state index >= 15 is 0 Å². The third-order valence-corrected chi connectivity index (χ3v) is 8.72. The number of benzene rings is 1. The molecule has 0 aliphatic carbocycles. The summed E-state index contributed by atoms with van der Waals surface area (Å²) in [4.78, 5) is 19.1. The first-order chi connectivity index (χ1) is 15.5. The van der Waals surface area contributed by atoms with Gasteiger partial charge >= 0.3 is 6.09 Å². The van der Waals surface area contributed by atoms with Crippen molar-refractivity contribution < 1.29 is 17.9 Å². The van der Waals surface area contributed by atoms with E-state index in [2.05, 4.69) is 15.9 Å². The lowest BCUT2D eigenvalue weighted by Gasteiger charge is -2.33. The lowest BCUT2D eigenvalue weighted by Crippen LogP contribution is -2.41. The van der Waals surface area contributed by atoms with Gasteiger partial charge in [-0.1, -0.05) is 18.2 Å². The molecule has 0 spiro atoms. The second-order valence-corrected chi connectivity index (χ2v) is 11.9. The van der Waals surface area contributed by atoms with Crippen LogP contribution in [0.3, 0.4) is 0 Å². The number of piperidine rings is 1. The molecule has 7 nitrogen and oxygen atoms in total. The van der Waals surface area contributed by atoms with Crippen molar-refractivity contribution in [3.05, 3.63) is 58.3 Å². The number of carbonyl (C=O) groups excluding carboxylic acids is 1. The molecule has 1 amide bonds. The summed E-state index contributed by atoms with van der Waals surface area (Å²) in [5.41, 5.74) is 1.54. The largest absolute Gasteiger partial charge is 0.444 e. The molecule has 1 saturated heterocycles. The average Bonchev–Trinajstić information content (AvgIpc) is 3.03. The van der Waals surface area contributed by atoms with Gasteiger partial charge in [-0.25, -0.2) is 22.2 Å². The maximum absolute atomic E-state index is 13.4. The molecule has 176 valence electrons. The molecule has 0 radical (unpaired) electrons. The highest BCUT2D eigenvalue weighted by molar-refractivity contribution is 9.10. The van der Waals surface area contributed by atoms with E-state index in [0.717, 1.165) is 29.5 Å². The summed E-state index contributed by atoms with van der Waals surface area (Å²) < 4.78 is 34.1. The van der Waals surface area contributed by atoms with Gasteiger partial charge in [0.15, 0.2) is 5.65 Å². The Labute approximate surface area is 202 Å². The fraction of sp³-hybridized carbons (Fsp3) is 0.417. The number of aromatic nitrogens is 2. The van der Waals surface area contributed by atoms with Crippen molar-refractivity contribution in [2.45, 2.75) is 57.0 Å². The number of aryl methyl sites for hydroxylation is 1. The third-order valence-electron chi connectivity index (χ3n) is 5.83. The fourth-order valence-electron chi connectivity index (χ4n) is 4.10. The van der Waals surface area contributed by atoms with Crippen LogP contribution < -0.4 is 0 Å². The molecule has 4 rings (SSSR count). The predicted octanol–water partition coefficient (Wildman–Crippen LogP) is 5.46. The van der Waals surface area contributed by atoms with Crippen LogP contribution >= 0.6 is 15.9 Å². The van der Waals surface area contributed by atoms with Crippen molar-refractivity contribution in [1.29, 1.82) is 0 Å². The van der Waals surface area contributed by atoms with Crippen LogP contribution in [0.5, 0.6) is 0 Å². The highest BCUT2D eigenvalue weighted by Gasteiger charge is 2.30. The Morgan fingerprint density at radius 1 is 1.09 bits per heavy atom. The van der Waals surface area contributed by atoms with Crippen LogP contribution in [0.25, 0.3) is 11.0 Å². The Bertz CT molecular complexity index is 1290. The standard InChI is InChI=1S/C24H28BrN3O4S/c1-16-19-10-11-20(17-12-14-27(15-13-17)23(29)32-24(2,3)4)26-22(19)28(21(16)25)33(30,31)18-8-6-5-7-9-18/h5-11,17H,12-15H2,1-4H3. The summed E-state index contributed by atoms with van der Waals surface area (Å²) >= 11 is 3.48. The first-order valence-corrected chi connectivity index (χ1v) is 13.2. The first-order valence-electron chi connectivity index (χ1n) is 10.9. The van der Waals surface area contributed by atoms with Gasteiger partial charge in [0.2, 0.25) is 0 Å². The second kappa shape index (κ2) is 8.76. The van der Waals surface area contributed by atoms with E-state index in [-0.39, 0.29) is 16.9 Å². The highest BCUT2D eigenvalue weighted by atomic mass is 79.9. The maximum Gasteiger partial charge on any atom is 0.410 e. The molecular formula is C24H28BrN3O4S. The molecule has 0 N–H and O–H groups in total. The molecular weight excluding hydrogens is 506 g/mol. The summed E-state index contributed by atoms with van der Waals surface area (Å²) in [6.07, 6.45) is 1.18. The summed E-state index contributed by atoms with van der Waals surface area (Å²) in [5.74, 6) is 0.134.